The minimum absolute atomic E-state index is 0.00498. The molecule has 1 aliphatic rings. The van der Waals surface area contributed by atoms with Crippen LogP contribution >= 0.6 is 23.2 Å². The van der Waals surface area contributed by atoms with Gasteiger partial charge in [-0.25, -0.2) is 0 Å². The van der Waals surface area contributed by atoms with Crippen LogP contribution in [0.15, 0.2) is 11.1 Å². The molecule has 0 spiro atoms. The summed E-state index contributed by atoms with van der Waals surface area (Å²) in [4.78, 5) is 10.9. The van der Waals surface area contributed by atoms with E-state index in [1.807, 2.05) is 26.8 Å². The van der Waals surface area contributed by atoms with E-state index in [2.05, 4.69) is 0 Å². The molecular formula is C9H12Cl2O. The van der Waals surface area contributed by atoms with Crippen LogP contribution in [0.5, 0.6) is 0 Å². The maximum atomic E-state index is 10.9. The maximum absolute atomic E-state index is 10.9. The molecular weight excluding hydrogens is 195 g/mol. The Morgan fingerprint density at radius 2 is 1.92 bits per heavy atom. The van der Waals surface area contributed by atoms with E-state index in [-0.39, 0.29) is 22.5 Å². The van der Waals surface area contributed by atoms with Crippen LogP contribution in [0.25, 0.3) is 0 Å². The fraction of sp³-hybridized carbons (Fsp3) is 0.667. The van der Waals surface area contributed by atoms with Crippen LogP contribution in [0.1, 0.15) is 20.8 Å². The molecule has 2 atom stereocenters. The van der Waals surface area contributed by atoms with Crippen LogP contribution in [-0.4, -0.2) is 5.24 Å². The van der Waals surface area contributed by atoms with Gasteiger partial charge in [-0.3, -0.25) is 4.79 Å². The van der Waals surface area contributed by atoms with Gasteiger partial charge in [-0.05, 0) is 29.9 Å². The van der Waals surface area contributed by atoms with Crippen LogP contribution in [0.4, 0.5) is 0 Å². The van der Waals surface area contributed by atoms with Gasteiger partial charge in [0.1, 0.15) is 0 Å². The minimum atomic E-state index is -0.251. The lowest BCUT2D eigenvalue weighted by Crippen LogP contribution is -1.96. The SMILES string of the molecule is CC(Cl)=C[C@H]1C(C(=O)Cl)C1(C)C. The Bertz CT molecular complexity index is 239. The molecule has 68 valence electrons. The van der Waals surface area contributed by atoms with E-state index >= 15 is 0 Å². The number of allylic oxidation sites excluding steroid dienone is 2. The van der Waals surface area contributed by atoms with Gasteiger partial charge >= 0.3 is 0 Å². The first-order chi connectivity index (χ1) is 5.37. The third-order valence-electron chi connectivity index (χ3n) is 2.56. The van der Waals surface area contributed by atoms with E-state index in [9.17, 15) is 4.79 Å². The third-order valence-corrected chi connectivity index (χ3v) is 2.93. The summed E-state index contributed by atoms with van der Waals surface area (Å²) in [5.74, 6) is 0.174. The van der Waals surface area contributed by atoms with Crippen molar-refractivity contribution in [3.05, 3.63) is 11.1 Å². The van der Waals surface area contributed by atoms with E-state index in [1.165, 1.54) is 0 Å². The second-order valence-corrected chi connectivity index (χ2v) is 4.85. The summed E-state index contributed by atoms with van der Waals surface area (Å²) in [7, 11) is 0. The number of rotatable bonds is 2. The Labute approximate surface area is 82.7 Å². The zero-order chi connectivity index (χ0) is 9.52. The molecule has 0 N–H and O–H groups in total. The van der Waals surface area contributed by atoms with Crippen LogP contribution in [0.2, 0.25) is 0 Å². The number of carbonyl (C=O) groups is 1. The predicted molar refractivity (Wildman–Crippen MR) is 51.2 cm³/mol. The summed E-state index contributed by atoms with van der Waals surface area (Å²) in [5, 5.41) is 0.479. The molecule has 0 bridgehead atoms. The van der Waals surface area contributed by atoms with E-state index < -0.39 is 0 Å². The Morgan fingerprint density at radius 3 is 2.17 bits per heavy atom. The second kappa shape index (κ2) is 3.04. The van der Waals surface area contributed by atoms with E-state index in [4.69, 9.17) is 23.2 Å². The van der Waals surface area contributed by atoms with Crippen molar-refractivity contribution in [1.29, 1.82) is 0 Å². The first kappa shape index (κ1) is 10.1. The van der Waals surface area contributed by atoms with E-state index in [0.717, 1.165) is 5.03 Å². The van der Waals surface area contributed by atoms with Gasteiger partial charge in [0.2, 0.25) is 5.24 Å². The predicted octanol–water partition coefficient (Wildman–Crippen LogP) is 3.17. The van der Waals surface area contributed by atoms with Crippen LogP contribution in [0.3, 0.4) is 0 Å². The number of hydrogen-bond donors (Lipinski definition) is 0. The zero-order valence-electron chi connectivity index (χ0n) is 7.40. The molecule has 1 saturated carbocycles. The highest BCUT2D eigenvalue weighted by Crippen LogP contribution is 2.60. The van der Waals surface area contributed by atoms with Crippen LogP contribution in [-0.2, 0) is 4.79 Å². The van der Waals surface area contributed by atoms with Crippen LogP contribution in [0, 0.1) is 17.3 Å². The smallest absolute Gasteiger partial charge is 0.225 e. The average molecular weight is 207 g/mol. The molecule has 0 amide bonds. The topological polar surface area (TPSA) is 17.1 Å². The summed E-state index contributed by atoms with van der Waals surface area (Å²) in [6.07, 6.45) is 1.91. The maximum Gasteiger partial charge on any atom is 0.225 e. The van der Waals surface area contributed by atoms with Crippen LogP contribution < -0.4 is 0 Å². The first-order valence-electron chi connectivity index (χ1n) is 3.90. The molecule has 1 aliphatic carbocycles. The first-order valence-corrected chi connectivity index (χ1v) is 4.66. The third kappa shape index (κ3) is 1.67. The quantitative estimate of drug-likeness (QED) is 0.635. The molecule has 1 unspecified atom stereocenters. The van der Waals surface area contributed by atoms with Gasteiger partial charge in [-0.2, -0.15) is 0 Å². The fourth-order valence-corrected chi connectivity index (χ4v) is 2.22. The second-order valence-electron chi connectivity index (χ2n) is 3.88. The molecule has 0 aliphatic heterocycles. The normalized spacial score (nSPS) is 33.2. The Morgan fingerprint density at radius 1 is 1.42 bits per heavy atom. The Balaban J connectivity index is 2.73. The van der Waals surface area contributed by atoms with Gasteiger partial charge in [-0.15, -0.1) is 0 Å². The average Bonchev–Trinajstić information content (AvgIpc) is 2.32. The molecule has 0 saturated heterocycles. The highest BCUT2D eigenvalue weighted by atomic mass is 35.5. The van der Waals surface area contributed by atoms with Gasteiger partial charge in [0.05, 0.1) is 0 Å². The van der Waals surface area contributed by atoms with Crippen molar-refractivity contribution < 1.29 is 4.79 Å². The van der Waals surface area contributed by atoms with Gasteiger partial charge < -0.3 is 0 Å². The standard InChI is InChI=1S/C9H12Cl2O/c1-5(10)4-6-7(8(11)12)9(6,2)3/h4,6-7H,1-3H3/t6-,7?/m0/s1. The Hall–Kier alpha value is -0.0100. The molecule has 1 nitrogen and oxygen atoms in total. The lowest BCUT2D eigenvalue weighted by molar-refractivity contribution is -0.113. The summed E-state index contributed by atoms with van der Waals surface area (Å²) < 4.78 is 0. The summed E-state index contributed by atoms with van der Waals surface area (Å²) in [5.41, 5.74) is -0.00498. The van der Waals surface area contributed by atoms with Crippen molar-refractivity contribution in [2.24, 2.45) is 17.3 Å². The highest BCUT2D eigenvalue weighted by molar-refractivity contribution is 6.64. The molecule has 0 radical (unpaired) electrons. The largest absolute Gasteiger partial charge is 0.281 e. The van der Waals surface area contributed by atoms with Crippen molar-refractivity contribution in [1.82, 2.24) is 0 Å². The lowest BCUT2D eigenvalue weighted by atomic mass is 10.1. The van der Waals surface area contributed by atoms with Gasteiger partial charge in [0, 0.05) is 11.0 Å². The van der Waals surface area contributed by atoms with Gasteiger partial charge in [-0.1, -0.05) is 31.5 Å². The number of hydrogen-bond acceptors (Lipinski definition) is 1. The Kier molecular flexibility index (Phi) is 2.55. The lowest BCUT2D eigenvalue weighted by Gasteiger charge is -1.96. The van der Waals surface area contributed by atoms with Gasteiger partial charge in [0.15, 0.2) is 0 Å². The van der Waals surface area contributed by atoms with E-state index in [1.54, 1.807) is 0 Å². The zero-order valence-corrected chi connectivity index (χ0v) is 8.91. The molecule has 0 aromatic carbocycles. The summed E-state index contributed by atoms with van der Waals surface area (Å²) >= 11 is 11.1. The molecule has 1 rings (SSSR count). The minimum Gasteiger partial charge on any atom is -0.281 e. The number of halogens is 2. The van der Waals surface area contributed by atoms with Crippen molar-refractivity contribution >= 4 is 28.4 Å². The highest BCUT2D eigenvalue weighted by Gasteiger charge is 2.59. The molecule has 3 heteroatoms. The van der Waals surface area contributed by atoms with Crippen molar-refractivity contribution in [3.8, 4) is 0 Å². The summed E-state index contributed by atoms with van der Waals surface area (Å²) in [6.45, 7) is 5.86. The number of carbonyl (C=O) groups excluding carboxylic acids is 1. The van der Waals surface area contributed by atoms with E-state index in [0.29, 0.717) is 0 Å². The van der Waals surface area contributed by atoms with Crippen molar-refractivity contribution in [2.45, 2.75) is 20.8 Å². The molecule has 12 heavy (non-hydrogen) atoms. The molecule has 1 fully saturated rings. The van der Waals surface area contributed by atoms with Crippen molar-refractivity contribution in [2.75, 3.05) is 0 Å². The molecule has 0 aromatic rings. The molecule has 0 aromatic heterocycles. The molecule has 0 heterocycles. The van der Waals surface area contributed by atoms with Gasteiger partial charge in [0.25, 0.3) is 0 Å². The monoisotopic (exact) mass is 206 g/mol. The fourth-order valence-electron chi connectivity index (χ4n) is 1.67. The van der Waals surface area contributed by atoms with Crippen molar-refractivity contribution in [3.63, 3.8) is 0 Å². The summed E-state index contributed by atoms with van der Waals surface area (Å²) in [6, 6.07) is 0.